The number of methoxy groups -OCH3 is 2. The second kappa shape index (κ2) is 7.93. The molecule has 0 aromatic heterocycles. The average Bonchev–Trinajstić information content (AvgIpc) is 2.38. The van der Waals surface area contributed by atoms with E-state index >= 15 is 0 Å². The number of benzene rings is 1. The maximum Gasteiger partial charge on any atom is 0.179 e. The van der Waals surface area contributed by atoms with Crippen LogP contribution < -0.4 is 14.8 Å². The lowest BCUT2D eigenvalue weighted by Gasteiger charge is -2.32. The van der Waals surface area contributed by atoms with Crippen molar-refractivity contribution < 1.29 is 9.47 Å². The van der Waals surface area contributed by atoms with Crippen molar-refractivity contribution >= 4 is 24.0 Å². The number of nitrogens with one attached hydrogen (secondary N) is 1. The fourth-order valence-corrected chi connectivity index (χ4v) is 2.79. The summed E-state index contributed by atoms with van der Waals surface area (Å²) in [6.07, 6.45) is 0. The smallest absolute Gasteiger partial charge is 0.179 e. The number of hydrogen-bond acceptors (Lipinski definition) is 4. The molecule has 0 saturated carbocycles. The predicted octanol–water partition coefficient (Wildman–Crippen LogP) is 2.57. The quantitative estimate of drug-likeness (QED) is 0.924. The van der Waals surface area contributed by atoms with Crippen molar-refractivity contribution in [2.45, 2.75) is 19.5 Å². The van der Waals surface area contributed by atoms with Crippen molar-refractivity contribution in [1.29, 1.82) is 0 Å². The van der Waals surface area contributed by atoms with E-state index in [1.54, 1.807) is 14.2 Å². The summed E-state index contributed by atoms with van der Waals surface area (Å²) in [4.78, 5) is 2.42. The van der Waals surface area contributed by atoms with Gasteiger partial charge in [-0.25, -0.2) is 0 Å². The van der Waals surface area contributed by atoms with E-state index in [9.17, 15) is 0 Å². The molecule has 0 radical (unpaired) electrons. The van der Waals surface area contributed by atoms with Crippen LogP contribution >= 0.6 is 24.0 Å². The summed E-state index contributed by atoms with van der Waals surface area (Å²) in [7, 11) is 3.23. The molecule has 1 aromatic carbocycles. The molecular weight excluding hydrogens is 299 g/mol. The van der Waals surface area contributed by atoms with E-state index in [1.165, 1.54) is 0 Å². The van der Waals surface area contributed by atoms with E-state index in [2.05, 4.69) is 17.1 Å². The van der Waals surface area contributed by atoms with Crippen molar-refractivity contribution in [2.75, 3.05) is 33.9 Å². The summed E-state index contributed by atoms with van der Waals surface area (Å²) in [5.41, 5.74) is 1.15. The first-order chi connectivity index (χ1) is 9.13. The van der Waals surface area contributed by atoms with Crippen molar-refractivity contribution in [2.24, 2.45) is 0 Å². The monoisotopic (exact) mass is 320 g/mol. The maximum absolute atomic E-state index is 6.22. The maximum atomic E-state index is 6.22. The molecule has 20 heavy (non-hydrogen) atoms. The van der Waals surface area contributed by atoms with Gasteiger partial charge in [0, 0.05) is 32.2 Å². The van der Waals surface area contributed by atoms with Crippen LogP contribution in [0, 0.1) is 0 Å². The Morgan fingerprint density at radius 3 is 2.70 bits per heavy atom. The molecule has 0 amide bonds. The van der Waals surface area contributed by atoms with Gasteiger partial charge in [0.05, 0.1) is 19.2 Å². The average molecular weight is 321 g/mol. The van der Waals surface area contributed by atoms with E-state index < -0.39 is 0 Å². The lowest BCUT2D eigenvalue weighted by Crippen LogP contribution is -2.48. The fraction of sp³-hybridized carbons (Fsp3) is 0.571. The van der Waals surface area contributed by atoms with Crippen LogP contribution in [0.5, 0.6) is 11.5 Å². The van der Waals surface area contributed by atoms with Crippen LogP contribution in [0.4, 0.5) is 0 Å². The Morgan fingerprint density at radius 2 is 2.10 bits per heavy atom. The Kier molecular flexibility index (Phi) is 6.89. The Bertz CT molecular complexity index is 443. The molecule has 6 heteroatoms. The van der Waals surface area contributed by atoms with E-state index in [-0.39, 0.29) is 12.4 Å². The van der Waals surface area contributed by atoms with Gasteiger partial charge in [-0.3, -0.25) is 4.90 Å². The summed E-state index contributed by atoms with van der Waals surface area (Å²) in [6.45, 7) is 6.21. The third-order valence-corrected chi connectivity index (χ3v) is 3.63. The highest BCUT2D eigenvalue weighted by atomic mass is 35.5. The molecule has 1 fully saturated rings. The molecule has 1 heterocycles. The topological polar surface area (TPSA) is 33.7 Å². The molecule has 1 saturated heterocycles. The van der Waals surface area contributed by atoms with E-state index in [4.69, 9.17) is 21.1 Å². The summed E-state index contributed by atoms with van der Waals surface area (Å²) >= 11 is 6.22. The summed E-state index contributed by atoms with van der Waals surface area (Å²) in [5.74, 6) is 1.29. The minimum Gasteiger partial charge on any atom is -0.493 e. The highest BCUT2D eigenvalue weighted by Gasteiger charge is 2.17. The SMILES string of the molecule is COc1cc(CN2CCN[C@H](C)C2)cc(Cl)c1OC.Cl. The summed E-state index contributed by atoms with van der Waals surface area (Å²) in [5, 5.41) is 4.03. The third-order valence-electron chi connectivity index (χ3n) is 3.35. The number of piperazine rings is 1. The van der Waals surface area contributed by atoms with Crippen molar-refractivity contribution in [3.8, 4) is 11.5 Å². The molecule has 0 bridgehead atoms. The predicted molar refractivity (Wildman–Crippen MR) is 84.5 cm³/mol. The lowest BCUT2D eigenvalue weighted by molar-refractivity contribution is 0.199. The first kappa shape index (κ1) is 17.4. The first-order valence-corrected chi connectivity index (χ1v) is 6.88. The van der Waals surface area contributed by atoms with Crippen LogP contribution in [-0.4, -0.2) is 44.8 Å². The fourth-order valence-electron chi connectivity index (χ4n) is 2.48. The van der Waals surface area contributed by atoms with Gasteiger partial charge in [0.1, 0.15) is 0 Å². The van der Waals surface area contributed by atoms with Gasteiger partial charge in [0.2, 0.25) is 0 Å². The van der Waals surface area contributed by atoms with Gasteiger partial charge in [-0.1, -0.05) is 11.6 Å². The molecule has 114 valence electrons. The molecule has 0 aliphatic carbocycles. The molecule has 1 aromatic rings. The number of rotatable bonds is 4. The minimum absolute atomic E-state index is 0. The van der Waals surface area contributed by atoms with E-state index in [0.29, 0.717) is 22.6 Å². The van der Waals surface area contributed by atoms with Crippen LogP contribution in [0.25, 0.3) is 0 Å². The van der Waals surface area contributed by atoms with E-state index in [0.717, 1.165) is 31.7 Å². The normalized spacial score (nSPS) is 19.3. The first-order valence-electron chi connectivity index (χ1n) is 6.50. The zero-order valence-corrected chi connectivity index (χ0v) is 13.7. The standard InChI is InChI=1S/C14H21ClN2O2.ClH/c1-10-8-17(5-4-16-10)9-11-6-12(15)14(19-3)13(7-11)18-2;/h6-7,10,16H,4-5,8-9H2,1-3H3;1H/t10-;/m1./s1. The molecule has 1 aliphatic heterocycles. The van der Waals surface area contributed by atoms with Crippen LogP contribution in [0.15, 0.2) is 12.1 Å². The van der Waals surface area contributed by atoms with Gasteiger partial charge in [-0.15, -0.1) is 12.4 Å². The van der Waals surface area contributed by atoms with Crippen LogP contribution in [0.3, 0.4) is 0 Å². The molecule has 0 spiro atoms. The zero-order chi connectivity index (χ0) is 13.8. The number of nitrogens with zero attached hydrogens (tertiary/aromatic N) is 1. The Labute approximate surface area is 131 Å². The number of halogens is 2. The molecule has 1 aliphatic rings. The molecule has 2 rings (SSSR count). The van der Waals surface area contributed by atoms with Gasteiger partial charge in [-0.2, -0.15) is 0 Å². The largest absolute Gasteiger partial charge is 0.493 e. The van der Waals surface area contributed by atoms with Crippen molar-refractivity contribution in [3.63, 3.8) is 0 Å². The van der Waals surface area contributed by atoms with Gasteiger partial charge in [0.15, 0.2) is 11.5 Å². The molecule has 1 atom stereocenters. The molecular formula is C14H22Cl2N2O2. The van der Waals surface area contributed by atoms with E-state index in [1.807, 2.05) is 12.1 Å². The molecule has 0 unspecified atom stereocenters. The molecule has 1 N–H and O–H groups in total. The van der Waals surface area contributed by atoms with Gasteiger partial charge in [0.25, 0.3) is 0 Å². The minimum atomic E-state index is 0. The summed E-state index contributed by atoms with van der Waals surface area (Å²) in [6, 6.07) is 4.48. The van der Waals surface area contributed by atoms with Crippen LogP contribution in [0.1, 0.15) is 12.5 Å². The Balaban J connectivity index is 0.00000200. The van der Waals surface area contributed by atoms with Crippen molar-refractivity contribution in [3.05, 3.63) is 22.7 Å². The van der Waals surface area contributed by atoms with Crippen molar-refractivity contribution in [1.82, 2.24) is 10.2 Å². The highest BCUT2D eigenvalue weighted by Crippen LogP contribution is 2.36. The van der Waals surface area contributed by atoms with Crippen LogP contribution in [-0.2, 0) is 6.54 Å². The van der Waals surface area contributed by atoms with Crippen LogP contribution in [0.2, 0.25) is 5.02 Å². The number of hydrogen-bond donors (Lipinski definition) is 1. The molecule has 4 nitrogen and oxygen atoms in total. The van der Waals surface area contributed by atoms with Gasteiger partial charge >= 0.3 is 0 Å². The van der Waals surface area contributed by atoms with Gasteiger partial charge < -0.3 is 14.8 Å². The second-order valence-electron chi connectivity index (χ2n) is 4.90. The van der Waals surface area contributed by atoms with Gasteiger partial charge in [-0.05, 0) is 24.6 Å². The Morgan fingerprint density at radius 1 is 1.35 bits per heavy atom. The second-order valence-corrected chi connectivity index (χ2v) is 5.31. The lowest BCUT2D eigenvalue weighted by atomic mass is 10.1. The zero-order valence-electron chi connectivity index (χ0n) is 12.1. The Hall–Kier alpha value is -0.680. The number of ether oxygens (including phenoxy) is 2. The highest BCUT2D eigenvalue weighted by molar-refractivity contribution is 6.32. The third kappa shape index (κ3) is 4.16. The summed E-state index contributed by atoms with van der Waals surface area (Å²) < 4.78 is 10.6.